The number of halogens is 5. The van der Waals surface area contributed by atoms with E-state index < -0.39 is 0 Å². The van der Waals surface area contributed by atoms with Crippen molar-refractivity contribution in [3.63, 3.8) is 0 Å². The van der Waals surface area contributed by atoms with Gasteiger partial charge in [0.05, 0.1) is 10.0 Å². The van der Waals surface area contributed by atoms with Gasteiger partial charge >= 0.3 is 0 Å². The molecule has 2 rings (SSSR count). The van der Waals surface area contributed by atoms with Crippen LogP contribution in [-0.2, 0) is 6.54 Å². The molecule has 0 saturated heterocycles. The second-order valence-electron chi connectivity index (χ2n) is 3.68. The van der Waals surface area contributed by atoms with Gasteiger partial charge in [0.2, 0.25) is 0 Å². The van der Waals surface area contributed by atoms with Gasteiger partial charge in [-0.1, -0.05) is 50.7 Å². The van der Waals surface area contributed by atoms with Crippen molar-refractivity contribution in [3.8, 4) is 0 Å². The van der Waals surface area contributed by atoms with Crippen molar-refractivity contribution in [1.29, 1.82) is 0 Å². The highest BCUT2D eigenvalue weighted by Gasteiger charge is 2.08. The molecule has 1 heterocycles. The molecule has 0 fully saturated rings. The van der Waals surface area contributed by atoms with Crippen LogP contribution in [0.25, 0.3) is 0 Å². The summed E-state index contributed by atoms with van der Waals surface area (Å²) in [6.07, 6.45) is 0. The smallest absolute Gasteiger partial charge is 0.150 e. The highest BCUT2D eigenvalue weighted by molar-refractivity contribution is 9.10. The summed E-state index contributed by atoms with van der Waals surface area (Å²) in [5.74, 6) is 0.0837. The molecular weight excluding hydrogens is 377 g/mol. The first-order chi connectivity index (χ1) is 8.97. The van der Waals surface area contributed by atoms with Gasteiger partial charge in [-0.3, -0.25) is 0 Å². The maximum Gasteiger partial charge on any atom is 0.150 e. The van der Waals surface area contributed by atoms with E-state index in [1.54, 1.807) is 6.07 Å². The minimum absolute atomic E-state index is 0.159. The summed E-state index contributed by atoms with van der Waals surface area (Å²) in [4.78, 5) is 4.02. The third-order valence-corrected chi connectivity index (χ3v) is 4.08. The molecule has 0 saturated carbocycles. The van der Waals surface area contributed by atoms with Crippen LogP contribution < -0.4 is 5.32 Å². The first-order valence-electron chi connectivity index (χ1n) is 5.16. The molecule has 1 aromatic heterocycles. The van der Waals surface area contributed by atoms with E-state index in [4.69, 9.17) is 34.8 Å². The maximum atomic E-state index is 13.1. The Morgan fingerprint density at radius 3 is 2.63 bits per heavy atom. The van der Waals surface area contributed by atoms with Crippen LogP contribution in [0.2, 0.25) is 15.2 Å². The standard InChI is InChI=1S/C12H7BrCl3FN2/c13-8-2-1-7(17)3-6(8)5-18-12-10(15)4-9(14)11(16)19-12/h1-4H,5H2,(H,18,19). The SMILES string of the molecule is Fc1ccc(Br)c(CNc2nc(Cl)c(Cl)cc2Cl)c1. The summed E-state index contributed by atoms with van der Waals surface area (Å²) < 4.78 is 13.9. The van der Waals surface area contributed by atoms with E-state index in [1.165, 1.54) is 18.2 Å². The Morgan fingerprint density at radius 2 is 1.89 bits per heavy atom. The fourth-order valence-electron chi connectivity index (χ4n) is 1.43. The first-order valence-corrected chi connectivity index (χ1v) is 7.09. The van der Waals surface area contributed by atoms with Crippen molar-refractivity contribution in [3.05, 3.63) is 55.3 Å². The van der Waals surface area contributed by atoms with Gasteiger partial charge < -0.3 is 5.32 Å². The zero-order valence-corrected chi connectivity index (χ0v) is 13.2. The lowest BCUT2D eigenvalue weighted by Crippen LogP contribution is -2.03. The van der Waals surface area contributed by atoms with Gasteiger partial charge in [0.1, 0.15) is 16.8 Å². The van der Waals surface area contributed by atoms with E-state index >= 15 is 0 Å². The number of nitrogens with zero attached hydrogens (tertiary/aromatic N) is 1. The van der Waals surface area contributed by atoms with Crippen LogP contribution in [0.5, 0.6) is 0 Å². The van der Waals surface area contributed by atoms with Crippen molar-refractivity contribution in [2.75, 3.05) is 5.32 Å². The molecule has 1 N–H and O–H groups in total. The lowest BCUT2D eigenvalue weighted by atomic mass is 10.2. The predicted molar refractivity (Wildman–Crippen MR) is 80.7 cm³/mol. The van der Waals surface area contributed by atoms with Gasteiger partial charge in [0.15, 0.2) is 0 Å². The quantitative estimate of drug-likeness (QED) is 0.701. The molecule has 2 aromatic rings. The summed E-state index contributed by atoms with van der Waals surface area (Å²) in [7, 11) is 0. The lowest BCUT2D eigenvalue weighted by Gasteiger charge is -2.10. The topological polar surface area (TPSA) is 24.9 Å². The van der Waals surface area contributed by atoms with Gasteiger partial charge in [-0.05, 0) is 29.8 Å². The van der Waals surface area contributed by atoms with E-state index in [0.29, 0.717) is 17.4 Å². The van der Waals surface area contributed by atoms with Crippen molar-refractivity contribution in [2.24, 2.45) is 0 Å². The number of rotatable bonds is 3. The van der Waals surface area contributed by atoms with Crippen molar-refractivity contribution < 1.29 is 4.39 Å². The molecule has 1 aromatic carbocycles. The number of nitrogens with one attached hydrogen (secondary N) is 1. The molecule has 19 heavy (non-hydrogen) atoms. The Labute approximate surface area is 133 Å². The fourth-order valence-corrected chi connectivity index (χ4v) is 2.38. The minimum Gasteiger partial charge on any atom is -0.365 e. The lowest BCUT2D eigenvalue weighted by molar-refractivity contribution is 0.625. The summed E-state index contributed by atoms with van der Waals surface area (Å²) in [6.45, 7) is 0.350. The van der Waals surface area contributed by atoms with Gasteiger partial charge in [0, 0.05) is 11.0 Å². The van der Waals surface area contributed by atoms with Gasteiger partial charge in [0.25, 0.3) is 0 Å². The van der Waals surface area contributed by atoms with E-state index in [9.17, 15) is 4.39 Å². The summed E-state index contributed by atoms with van der Waals surface area (Å²) in [6, 6.07) is 5.93. The molecular formula is C12H7BrCl3FN2. The molecule has 0 radical (unpaired) electrons. The molecule has 7 heteroatoms. The molecule has 0 aliphatic heterocycles. The summed E-state index contributed by atoms with van der Waals surface area (Å²) >= 11 is 20.9. The van der Waals surface area contributed by atoms with E-state index in [1.807, 2.05) is 0 Å². The molecule has 2 nitrogen and oxygen atoms in total. The second kappa shape index (κ2) is 6.27. The number of pyridine rings is 1. The fraction of sp³-hybridized carbons (Fsp3) is 0.0833. The predicted octanol–water partition coefficient (Wildman–Crippen LogP) is 5.56. The molecule has 0 aliphatic rings. The molecule has 0 spiro atoms. The zero-order valence-electron chi connectivity index (χ0n) is 9.35. The number of hydrogen-bond donors (Lipinski definition) is 1. The van der Waals surface area contributed by atoms with E-state index in [2.05, 4.69) is 26.2 Å². The van der Waals surface area contributed by atoms with Crippen LogP contribution in [0.1, 0.15) is 5.56 Å². The third kappa shape index (κ3) is 3.72. The van der Waals surface area contributed by atoms with E-state index in [0.717, 1.165) is 10.0 Å². The van der Waals surface area contributed by atoms with Crippen LogP contribution in [0.4, 0.5) is 10.2 Å². The van der Waals surface area contributed by atoms with E-state index in [-0.39, 0.29) is 16.0 Å². The first kappa shape index (κ1) is 14.9. The highest BCUT2D eigenvalue weighted by atomic mass is 79.9. The summed E-state index contributed by atoms with van der Waals surface area (Å²) in [5, 5.41) is 3.77. The second-order valence-corrected chi connectivity index (χ2v) is 5.71. The molecule has 0 atom stereocenters. The number of anilines is 1. The van der Waals surface area contributed by atoms with Crippen LogP contribution >= 0.6 is 50.7 Å². The minimum atomic E-state index is -0.312. The van der Waals surface area contributed by atoms with Crippen LogP contribution in [0.15, 0.2) is 28.7 Å². The number of aromatic nitrogens is 1. The molecule has 0 aliphatic carbocycles. The Kier molecular flexibility index (Phi) is 4.90. The Bertz CT molecular complexity index is 622. The normalized spacial score (nSPS) is 10.6. The third-order valence-electron chi connectivity index (χ3n) is 2.34. The van der Waals surface area contributed by atoms with Crippen LogP contribution in [0.3, 0.4) is 0 Å². The summed E-state index contributed by atoms with van der Waals surface area (Å²) in [5.41, 5.74) is 0.740. The largest absolute Gasteiger partial charge is 0.365 e. The van der Waals surface area contributed by atoms with Crippen LogP contribution in [-0.4, -0.2) is 4.98 Å². The number of benzene rings is 1. The maximum absolute atomic E-state index is 13.1. The van der Waals surface area contributed by atoms with Gasteiger partial charge in [-0.25, -0.2) is 9.37 Å². The molecule has 0 unspecified atom stereocenters. The monoisotopic (exact) mass is 382 g/mol. The average molecular weight is 384 g/mol. The molecule has 0 amide bonds. The zero-order chi connectivity index (χ0) is 14.0. The number of hydrogen-bond acceptors (Lipinski definition) is 2. The molecule has 100 valence electrons. The van der Waals surface area contributed by atoms with Gasteiger partial charge in [-0.15, -0.1) is 0 Å². The molecule has 0 bridgehead atoms. The highest BCUT2D eigenvalue weighted by Crippen LogP contribution is 2.29. The van der Waals surface area contributed by atoms with Crippen LogP contribution in [0, 0.1) is 5.82 Å². The Balaban J connectivity index is 2.19. The van der Waals surface area contributed by atoms with Crippen molar-refractivity contribution >= 4 is 56.6 Å². The Morgan fingerprint density at radius 1 is 1.16 bits per heavy atom. The van der Waals surface area contributed by atoms with Crippen molar-refractivity contribution in [2.45, 2.75) is 6.54 Å². The van der Waals surface area contributed by atoms with Gasteiger partial charge in [-0.2, -0.15) is 0 Å². The average Bonchev–Trinajstić information content (AvgIpc) is 2.36. The van der Waals surface area contributed by atoms with Crippen molar-refractivity contribution in [1.82, 2.24) is 4.98 Å². The Hall–Kier alpha value is -0.550.